The molecule has 3 rings (SSSR count). The number of ether oxygens (including phenoxy) is 2. The summed E-state index contributed by atoms with van der Waals surface area (Å²) in [6.07, 6.45) is 5.89. The van der Waals surface area contributed by atoms with Crippen molar-refractivity contribution in [3.8, 4) is 11.5 Å². The fraction of sp³-hybridized carbons (Fsp3) is 0.667. The maximum absolute atomic E-state index is 5.83. The standard InChI is InChI=1S/C18H27NO2/c1-2-20-17-5-3-4-6-18(17)21-10-9-19-13-16-12-14-7-8-15(16)11-14/h3-6,14-16,19H,2,7-13H2,1H3. The number of hydrogen-bond acceptors (Lipinski definition) is 3. The average Bonchev–Trinajstić information content (AvgIpc) is 3.11. The third kappa shape index (κ3) is 3.70. The van der Waals surface area contributed by atoms with Crippen LogP contribution in [0.4, 0.5) is 0 Å². The summed E-state index contributed by atoms with van der Waals surface area (Å²) in [6, 6.07) is 7.90. The fourth-order valence-corrected chi connectivity index (χ4v) is 3.99. The van der Waals surface area contributed by atoms with Crippen LogP contribution in [0.5, 0.6) is 11.5 Å². The monoisotopic (exact) mass is 289 g/mol. The first-order chi connectivity index (χ1) is 10.4. The van der Waals surface area contributed by atoms with Gasteiger partial charge in [-0.15, -0.1) is 0 Å². The molecule has 0 heterocycles. The van der Waals surface area contributed by atoms with Gasteiger partial charge in [0.25, 0.3) is 0 Å². The molecule has 3 unspecified atom stereocenters. The van der Waals surface area contributed by atoms with E-state index in [9.17, 15) is 0 Å². The average molecular weight is 289 g/mol. The Labute approximate surface area is 128 Å². The Morgan fingerprint density at radius 1 is 1.10 bits per heavy atom. The quantitative estimate of drug-likeness (QED) is 0.743. The SMILES string of the molecule is CCOc1ccccc1OCCNCC1CC2CCC1C2. The summed E-state index contributed by atoms with van der Waals surface area (Å²) < 4.78 is 11.4. The molecule has 0 aliphatic heterocycles. The molecule has 2 aliphatic rings. The molecule has 3 nitrogen and oxygen atoms in total. The van der Waals surface area contributed by atoms with E-state index in [1.807, 2.05) is 31.2 Å². The van der Waals surface area contributed by atoms with Gasteiger partial charge in [0.2, 0.25) is 0 Å². The first-order valence-corrected chi connectivity index (χ1v) is 8.42. The van der Waals surface area contributed by atoms with E-state index >= 15 is 0 Å². The van der Waals surface area contributed by atoms with Crippen molar-refractivity contribution in [1.29, 1.82) is 0 Å². The smallest absolute Gasteiger partial charge is 0.161 e. The summed E-state index contributed by atoms with van der Waals surface area (Å²) >= 11 is 0. The van der Waals surface area contributed by atoms with Crippen molar-refractivity contribution in [2.45, 2.75) is 32.6 Å². The van der Waals surface area contributed by atoms with Gasteiger partial charge in [-0.2, -0.15) is 0 Å². The van der Waals surface area contributed by atoms with Crippen LogP contribution in [-0.4, -0.2) is 26.3 Å². The highest BCUT2D eigenvalue weighted by Crippen LogP contribution is 2.47. The van der Waals surface area contributed by atoms with E-state index in [0.29, 0.717) is 13.2 Å². The number of para-hydroxylation sites is 2. The molecule has 2 aliphatic carbocycles. The zero-order chi connectivity index (χ0) is 14.5. The molecule has 116 valence electrons. The molecular formula is C18H27NO2. The fourth-order valence-electron chi connectivity index (χ4n) is 3.99. The predicted octanol–water partition coefficient (Wildman–Crippen LogP) is 3.49. The van der Waals surface area contributed by atoms with Crippen LogP contribution in [0.2, 0.25) is 0 Å². The summed E-state index contributed by atoms with van der Waals surface area (Å²) in [6.45, 7) is 5.44. The van der Waals surface area contributed by atoms with Crippen LogP contribution in [0.1, 0.15) is 32.6 Å². The number of nitrogens with one attached hydrogen (secondary N) is 1. The van der Waals surface area contributed by atoms with Crippen molar-refractivity contribution in [2.75, 3.05) is 26.3 Å². The Hall–Kier alpha value is -1.22. The molecule has 1 N–H and O–H groups in total. The van der Waals surface area contributed by atoms with Crippen molar-refractivity contribution in [2.24, 2.45) is 17.8 Å². The minimum Gasteiger partial charge on any atom is -0.490 e. The van der Waals surface area contributed by atoms with E-state index in [1.165, 1.54) is 25.7 Å². The van der Waals surface area contributed by atoms with Crippen LogP contribution in [0.25, 0.3) is 0 Å². The lowest BCUT2D eigenvalue weighted by atomic mass is 9.89. The van der Waals surface area contributed by atoms with Gasteiger partial charge < -0.3 is 14.8 Å². The van der Waals surface area contributed by atoms with Crippen LogP contribution >= 0.6 is 0 Å². The first kappa shape index (κ1) is 14.7. The number of hydrogen-bond donors (Lipinski definition) is 1. The number of fused-ring (bicyclic) bond motifs is 2. The third-order valence-corrected chi connectivity index (χ3v) is 4.98. The second kappa shape index (κ2) is 7.17. The Kier molecular flexibility index (Phi) is 5.02. The number of rotatable bonds is 8. The molecular weight excluding hydrogens is 262 g/mol. The highest BCUT2D eigenvalue weighted by Gasteiger charge is 2.38. The highest BCUT2D eigenvalue weighted by atomic mass is 16.5. The first-order valence-electron chi connectivity index (χ1n) is 8.42. The molecule has 1 aromatic rings. The summed E-state index contributed by atoms with van der Waals surface area (Å²) in [5, 5.41) is 3.57. The molecule has 2 saturated carbocycles. The van der Waals surface area contributed by atoms with Gasteiger partial charge in [-0.25, -0.2) is 0 Å². The maximum Gasteiger partial charge on any atom is 0.161 e. The largest absolute Gasteiger partial charge is 0.490 e. The van der Waals surface area contributed by atoms with Crippen LogP contribution in [0.15, 0.2) is 24.3 Å². The van der Waals surface area contributed by atoms with Crippen molar-refractivity contribution in [1.82, 2.24) is 5.32 Å². The molecule has 0 aromatic heterocycles. The van der Waals surface area contributed by atoms with Gasteiger partial charge >= 0.3 is 0 Å². The van der Waals surface area contributed by atoms with Gasteiger partial charge in [-0.3, -0.25) is 0 Å². The van der Waals surface area contributed by atoms with E-state index in [-0.39, 0.29) is 0 Å². The van der Waals surface area contributed by atoms with Gasteiger partial charge in [0.05, 0.1) is 6.61 Å². The van der Waals surface area contributed by atoms with Gasteiger partial charge in [0, 0.05) is 6.54 Å². The minimum absolute atomic E-state index is 0.670. The maximum atomic E-state index is 5.83. The zero-order valence-electron chi connectivity index (χ0n) is 13.0. The number of benzene rings is 1. The van der Waals surface area contributed by atoms with Gasteiger partial charge in [-0.1, -0.05) is 18.6 Å². The van der Waals surface area contributed by atoms with Crippen LogP contribution < -0.4 is 14.8 Å². The van der Waals surface area contributed by atoms with Gasteiger partial charge in [0.15, 0.2) is 11.5 Å². The Balaban J connectivity index is 1.35. The summed E-state index contributed by atoms with van der Waals surface area (Å²) in [5.74, 6) is 4.65. The molecule has 1 aromatic carbocycles. The Morgan fingerprint density at radius 2 is 1.90 bits per heavy atom. The van der Waals surface area contributed by atoms with Crippen LogP contribution in [0, 0.1) is 17.8 Å². The summed E-state index contributed by atoms with van der Waals surface area (Å²) in [5.41, 5.74) is 0. The Bertz CT molecular complexity index is 449. The zero-order valence-corrected chi connectivity index (χ0v) is 13.0. The van der Waals surface area contributed by atoms with Crippen molar-refractivity contribution >= 4 is 0 Å². The van der Waals surface area contributed by atoms with Gasteiger partial charge in [-0.05, 0) is 62.6 Å². The molecule has 3 heteroatoms. The van der Waals surface area contributed by atoms with E-state index in [4.69, 9.17) is 9.47 Å². The minimum atomic E-state index is 0.670. The third-order valence-electron chi connectivity index (χ3n) is 4.98. The van der Waals surface area contributed by atoms with Crippen LogP contribution in [0.3, 0.4) is 0 Å². The van der Waals surface area contributed by atoms with Crippen molar-refractivity contribution in [3.05, 3.63) is 24.3 Å². The Morgan fingerprint density at radius 3 is 2.57 bits per heavy atom. The molecule has 0 saturated heterocycles. The second-order valence-corrected chi connectivity index (χ2v) is 6.37. The lowest BCUT2D eigenvalue weighted by Gasteiger charge is -2.22. The molecule has 2 bridgehead atoms. The molecule has 0 spiro atoms. The molecule has 21 heavy (non-hydrogen) atoms. The summed E-state index contributed by atoms with van der Waals surface area (Å²) in [4.78, 5) is 0. The topological polar surface area (TPSA) is 30.5 Å². The molecule has 0 radical (unpaired) electrons. The second-order valence-electron chi connectivity index (χ2n) is 6.37. The predicted molar refractivity (Wildman–Crippen MR) is 84.9 cm³/mol. The lowest BCUT2D eigenvalue weighted by Crippen LogP contribution is -2.29. The molecule has 0 amide bonds. The highest BCUT2D eigenvalue weighted by molar-refractivity contribution is 5.39. The molecule has 3 atom stereocenters. The van der Waals surface area contributed by atoms with E-state index in [1.54, 1.807) is 0 Å². The normalized spacial score (nSPS) is 27.0. The summed E-state index contributed by atoms with van der Waals surface area (Å²) in [7, 11) is 0. The van der Waals surface area contributed by atoms with E-state index in [2.05, 4.69) is 5.32 Å². The molecule has 2 fully saturated rings. The van der Waals surface area contributed by atoms with Crippen molar-refractivity contribution < 1.29 is 9.47 Å². The lowest BCUT2D eigenvalue weighted by molar-refractivity contribution is 0.266. The van der Waals surface area contributed by atoms with E-state index in [0.717, 1.165) is 42.3 Å². The van der Waals surface area contributed by atoms with Gasteiger partial charge in [0.1, 0.15) is 6.61 Å². The van der Waals surface area contributed by atoms with E-state index < -0.39 is 0 Å². The van der Waals surface area contributed by atoms with Crippen LogP contribution in [-0.2, 0) is 0 Å². The van der Waals surface area contributed by atoms with Crippen molar-refractivity contribution in [3.63, 3.8) is 0 Å².